The number of rotatable bonds is 70. The van der Waals surface area contributed by atoms with Crippen molar-refractivity contribution in [2.24, 2.45) is 0 Å². The first-order chi connectivity index (χ1) is 40.5. The SMILES string of the molecule is CCC/C=C\CCCCCCCC(=O)OCC(COC(=O)CCCCCCCCCCCCCCCCCCCCC/C=C\CCCCCCCCCC)OC(=O)CCCCCCCCCCCCCCCCCCCCCCCCC. The van der Waals surface area contributed by atoms with Gasteiger partial charge in [0, 0.05) is 19.3 Å². The number of allylic oxidation sites excluding steroid dienone is 4. The first-order valence-corrected chi connectivity index (χ1v) is 37.3. The fourth-order valence-corrected chi connectivity index (χ4v) is 11.6. The Morgan fingerprint density at radius 3 is 0.659 bits per heavy atom. The van der Waals surface area contributed by atoms with E-state index in [0.717, 1.165) is 70.6 Å². The molecular formula is C76H144O6. The molecule has 1 unspecified atom stereocenters. The van der Waals surface area contributed by atoms with Crippen molar-refractivity contribution in [1.82, 2.24) is 0 Å². The molecule has 0 spiro atoms. The van der Waals surface area contributed by atoms with Crippen LogP contribution in [0.1, 0.15) is 425 Å². The molecule has 0 aliphatic heterocycles. The maximum atomic E-state index is 12.9. The Morgan fingerprint density at radius 1 is 0.232 bits per heavy atom. The molecule has 0 heterocycles. The molecule has 0 fully saturated rings. The predicted molar refractivity (Wildman–Crippen MR) is 358 cm³/mol. The van der Waals surface area contributed by atoms with Gasteiger partial charge in [0.1, 0.15) is 13.2 Å². The lowest BCUT2D eigenvalue weighted by atomic mass is 10.0. The average molecular weight is 1150 g/mol. The molecule has 0 aromatic heterocycles. The molecule has 0 rings (SSSR count). The summed E-state index contributed by atoms with van der Waals surface area (Å²) in [6.45, 7) is 6.66. The van der Waals surface area contributed by atoms with E-state index in [1.807, 2.05) is 0 Å². The molecule has 1 atom stereocenters. The van der Waals surface area contributed by atoms with Gasteiger partial charge in [-0.15, -0.1) is 0 Å². The number of unbranched alkanes of at least 4 members (excludes halogenated alkanes) is 55. The quantitative estimate of drug-likeness (QED) is 0.0261. The van der Waals surface area contributed by atoms with Gasteiger partial charge in [-0.3, -0.25) is 14.4 Å². The lowest BCUT2D eigenvalue weighted by Gasteiger charge is -2.18. The Balaban J connectivity index is 4.07. The molecule has 0 aromatic carbocycles. The van der Waals surface area contributed by atoms with Gasteiger partial charge in [0.2, 0.25) is 0 Å². The Kier molecular flexibility index (Phi) is 69.5. The van der Waals surface area contributed by atoms with Gasteiger partial charge in [0.05, 0.1) is 0 Å². The van der Waals surface area contributed by atoms with Crippen LogP contribution in [0.4, 0.5) is 0 Å². The molecule has 0 aliphatic carbocycles. The predicted octanol–water partition coefficient (Wildman–Crippen LogP) is 25.7. The molecule has 0 saturated heterocycles. The van der Waals surface area contributed by atoms with Crippen molar-refractivity contribution < 1.29 is 28.6 Å². The molecule has 6 heteroatoms. The van der Waals surface area contributed by atoms with Crippen molar-refractivity contribution in [2.45, 2.75) is 431 Å². The lowest BCUT2D eigenvalue weighted by molar-refractivity contribution is -0.167. The van der Waals surface area contributed by atoms with Crippen LogP contribution in [0.3, 0.4) is 0 Å². The third-order valence-electron chi connectivity index (χ3n) is 17.2. The highest BCUT2D eigenvalue weighted by Crippen LogP contribution is 2.19. The molecule has 6 nitrogen and oxygen atoms in total. The summed E-state index contributed by atoms with van der Waals surface area (Å²) < 4.78 is 17.0. The molecule has 0 aromatic rings. The van der Waals surface area contributed by atoms with Crippen molar-refractivity contribution in [3.8, 4) is 0 Å². The van der Waals surface area contributed by atoms with E-state index >= 15 is 0 Å². The summed E-state index contributed by atoms with van der Waals surface area (Å²) >= 11 is 0. The zero-order valence-electron chi connectivity index (χ0n) is 55.8. The van der Waals surface area contributed by atoms with Gasteiger partial charge < -0.3 is 14.2 Å². The van der Waals surface area contributed by atoms with Gasteiger partial charge in [-0.1, -0.05) is 366 Å². The Hall–Kier alpha value is -2.11. The fourth-order valence-electron chi connectivity index (χ4n) is 11.6. The van der Waals surface area contributed by atoms with Crippen molar-refractivity contribution in [3.05, 3.63) is 24.3 Å². The van der Waals surface area contributed by atoms with Gasteiger partial charge in [0.25, 0.3) is 0 Å². The second-order valence-corrected chi connectivity index (χ2v) is 25.6. The molecular weight excluding hydrogens is 1010 g/mol. The molecule has 82 heavy (non-hydrogen) atoms. The number of carbonyl (C=O) groups is 3. The van der Waals surface area contributed by atoms with Gasteiger partial charge in [0.15, 0.2) is 6.10 Å². The zero-order valence-corrected chi connectivity index (χ0v) is 55.8. The molecule has 0 amide bonds. The van der Waals surface area contributed by atoms with Crippen LogP contribution in [0.15, 0.2) is 24.3 Å². The van der Waals surface area contributed by atoms with Crippen LogP contribution in [0.2, 0.25) is 0 Å². The molecule has 0 bridgehead atoms. The van der Waals surface area contributed by atoms with E-state index in [9.17, 15) is 14.4 Å². The van der Waals surface area contributed by atoms with E-state index in [0.29, 0.717) is 19.3 Å². The summed E-state index contributed by atoms with van der Waals surface area (Å²) in [5.41, 5.74) is 0. The van der Waals surface area contributed by atoms with Gasteiger partial charge in [-0.05, 0) is 64.2 Å². The highest BCUT2D eigenvalue weighted by atomic mass is 16.6. The number of hydrogen-bond donors (Lipinski definition) is 0. The third-order valence-corrected chi connectivity index (χ3v) is 17.2. The highest BCUT2D eigenvalue weighted by molar-refractivity contribution is 5.71. The minimum atomic E-state index is -0.771. The topological polar surface area (TPSA) is 78.9 Å². The highest BCUT2D eigenvalue weighted by Gasteiger charge is 2.20. The lowest BCUT2D eigenvalue weighted by Crippen LogP contribution is -2.30. The third kappa shape index (κ3) is 68.7. The number of esters is 3. The van der Waals surface area contributed by atoms with Gasteiger partial charge >= 0.3 is 17.9 Å². The van der Waals surface area contributed by atoms with Crippen molar-refractivity contribution in [1.29, 1.82) is 0 Å². The van der Waals surface area contributed by atoms with Gasteiger partial charge in [-0.2, -0.15) is 0 Å². The van der Waals surface area contributed by atoms with E-state index in [4.69, 9.17) is 14.2 Å². The summed E-state index contributed by atoms with van der Waals surface area (Å²) in [5.74, 6) is -0.846. The Bertz CT molecular complexity index is 1320. The van der Waals surface area contributed by atoms with Crippen LogP contribution in [-0.2, 0) is 28.6 Å². The van der Waals surface area contributed by atoms with E-state index in [2.05, 4.69) is 45.1 Å². The van der Waals surface area contributed by atoms with Crippen molar-refractivity contribution in [2.75, 3.05) is 13.2 Å². The Labute approximate surface area is 513 Å². The second-order valence-electron chi connectivity index (χ2n) is 25.6. The smallest absolute Gasteiger partial charge is 0.306 e. The fraction of sp³-hybridized carbons (Fsp3) is 0.908. The van der Waals surface area contributed by atoms with Crippen LogP contribution < -0.4 is 0 Å². The first-order valence-electron chi connectivity index (χ1n) is 37.3. The largest absolute Gasteiger partial charge is 0.462 e. The summed E-state index contributed by atoms with van der Waals surface area (Å²) in [7, 11) is 0. The summed E-state index contributed by atoms with van der Waals surface area (Å²) in [5, 5.41) is 0. The maximum Gasteiger partial charge on any atom is 0.306 e. The Morgan fingerprint density at radius 2 is 0.427 bits per heavy atom. The summed E-state index contributed by atoms with van der Waals surface area (Å²) in [6.07, 6.45) is 88.2. The van der Waals surface area contributed by atoms with Gasteiger partial charge in [-0.25, -0.2) is 0 Å². The first kappa shape index (κ1) is 79.9. The maximum absolute atomic E-state index is 12.9. The van der Waals surface area contributed by atoms with Crippen LogP contribution in [-0.4, -0.2) is 37.2 Å². The van der Waals surface area contributed by atoms with Crippen LogP contribution in [0, 0.1) is 0 Å². The van der Waals surface area contributed by atoms with Crippen LogP contribution in [0.25, 0.3) is 0 Å². The normalized spacial score (nSPS) is 12.1. The molecule has 0 aliphatic rings. The van der Waals surface area contributed by atoms with E-state index in [1.165, 1.54) is 315 Å². The van der Waals surface area contributed by atoms with E-state index in [1.54, 1.807) is 0 Å². The average Bonchev–Trinajstić information content (AvgIpc) is 3.48. The number of hydrogen-bond acceptors (Lipinski definition) is 6. The minimum Gasteiger partial charge on any atom is -0.462 e. The molecule has 0 saturated carbocycles. The zero-order chi connectivity index (χ0) is 59.2. The van der Waals surface area contributed by atoms with Crippen LogP contribution in [0.5, 0.6) is 0 Å². The minimum absolute atomic E-state index is 0.0674. The second kappa shape index (κ2) is 71.4. The van der Waals surface area contributed by atoms with Crippen molar-refractivity contribution >= 4 is 17.9 Å². The standard InChI is InChI=1S/C76H144O6/c1-4-7-10-13-16-19-22-24-26-28-30-32-34-35-36-37-38-39-40-41-43-44-46-48-50-52-54-57-60-63-66-69-75(78)81-72-73(71-80-74(77)68-65-62-59-56-21-18-15-12-9-6-3)82-76(79)70-67-64-61-58-55-53-51-49-47-45-42-33-31-29-27-25-23-20-17-14-11-8-5-2/h12,15,28,30,73H,4-11,13-14,16-27,29,31-72H2,1-3H3/b15-12-,30-28-. The number of ether oxygens (including phenoxy) is 3. The molecule has 484 valence electrons. The van der Waals surface area contributed by atoms with Crippen LogP contribution >= 0.6 is 0 Å². The summed E-state index contributed by atoms with van der Waals surface area (Å²) in [6, 6.07) is 0. The van der Waals surface area contributed by atoms with Crippen molar-refractivity contribution in [3.63, 3.8) is 0 Å². The number of carbonyl (C=O) groups excluding carboxylic acids is 3. The molecule has 0 radical (unpaired) electrons. The van der Waals surface area contributed by atoms with E-state index in [-0.39, 0.29) is 31.1 Å². The van der Waals surface area contributed by atoms with E-state index < -0.39 is 6.10 Å². The monoisotopic (exact) mass is 1150 g/mol. The molecule has 0 N–H and O–H groups in total. The summed E-state index contributed by atoms with van der Waals surface area (Å²) in [4.78, 5) is 38.4.